The molecule has 0 aliphatic carbocycles. The number of hydrogen-bond donors (Lipinski definition) is 1. The number of nitrogens with two attached hydrogens (primary N) is 1. The summed E-state index contributed by atoms with van der Waals surface area (Å²) < 4.78 is 26.2. The van der Waals surface area contributed by atoms with Crippen LogP contribution in [0.3, 0.4) is 0 Å². The third-order valence-electron chi connectivity index (χ3n) is 3.24. The van der Waals surface area contributed by atoms with Crippen molar-refractivity contribution in [3.63, 3.8) is 0 Å². The number of piperidine rings is 1. The van der Waals surface area contributed by atoms with E-state index in [4.69, 9.17) is 17.3 Å². The van der Waals surface area contributed by atoms with E-state index in [1.165, 1.54) is 10.4 Å². The first kappa shape index (κ1) is 15.2. The minimum absolute atomic E-state index is 0.00813. The summed E-state index contributed by atoms with van der Waals surface area (Å²) in [4.78, 5) is 9.89. The second-order valence-electron chi connectivity index (χ2n) is 4.61. The van der Waals surface area contributed by atoms with E-state index in [9.17, 15) is 18.5 Å². The zero-order valence-electron chi connectivity index (χ0n) is 10.5. The summed E-state index contributed by atoms with van der Waals surface area (Å²) in [5, 5.41) is 10.5. The second-order valence-corrected chi connectivity index (χ2v) is 6.93. The smallest absolute Gasteiger partial charge is 0.271 e. The molecular formula is C11H14ClN3O4S. The maximum absolute atomic E-state index is 12.4. The second kappa shape index (κ2) is 5.65. The van der Waals surface area contributed by atoms with Crippen LogP contribution in [0.2, 0.25) is 5.02 Å². The van der Waals surface area contributed by atoms with Gasteiger partial charge in [0.2, 0.25) is 10.0 Å². The van der Waals surface area contributed by atoms with E-state index >= 15 is 0 Å². The van der Waals surface area contributed by atoms with E-state index < -0.39 is 14.9 Å². The number of nitrogens with zero attached hydrogens (tertiary/aromatic N) is 2. The lowest BCUT2D eigenvalue weighted by atomic mass is 10.1. The van der Waals surface area contributed by atoms with Crippen LogP contribution in [0.15, 0.2) is 23.1 Å². The number of nitro groups is 1. The third kappa shape index (κ3) is 2.93. The predicted octanol–water partition coefficient (Wildman–Crippen LogP) is 1.36. The number of rotatable bonds is 3. The van der Waals surface area contributed by atoms with E-state index in [2.05, 4.69) is 0 Å². The van der Waals surface area contributed by atoms with Gasteiger partial charge in [0.1, 0.15) is 4.90 Å². The molecule has 1 aliphatic heterocycles. The molecule has 1 aromatic carbocycles. The lowest BCUT2D eigenvalue weighted by molar-refractivity contribution is -0.384. The summed E-state index contributed by atoms with van der Waals surface area (Å²) in [7, 11) is -3.74. The van der Waals surface area contributed by atoms with Gasteiger partial charge in [-0.2, -0.15) is 4.31 Å². The van der Waals surface area contributed by atoms with Gasteiger partial charge in [-0.05, 0) is 18.9 Å². The minimum atomic E-state index is -3.74. The van der Waals surface area contributed by atoms with Gasteiger partial charge in [-0.1, -0.05) is 11.6 Å². The van der Waals surface area contributed by atoms with Gasteiger partial charge in [-0.15, -0.1) is 0 Å². The Bertz CT molecular complexity index is 627. The standard InChI is InChI=1S/C11H14ClN3O4S/c12-10-7-9(15(16)17)1-2-11(10)20(18,19)14-5-3-8(13)4-6-14/h1-2,7-8H,3-6,13H2. The van der Waals surface area contributed by atoms with E-state index in [-0.39, 0.29) is 21.6 Å². The lowest BCUT2D eigenvalue weighted by Crippen LogP contribution is -2.42. The van der Waals surface area contributed by atoms with Crippen LogP contribution in [0.5, 0.6) is 0 Å². The van der Waals surface area contributed by atoms with E-state index in [0.29, 0.717) is 25.9 Å². The summed E-state index contributed by atoms with van der Waals surface area (Å²) in [6.07, 6.45) is 1.17. The number of hydrogen-bond acceptors (Lipinski definition) is 5. The van der Waals surface area contributed by atoms with Crippen LogP contribution in [-0.4, -0.2) is 36.8 Å². The Morgan fingerprint density at radius 2 is 1.95 bits per heavy atom. The summed E-state index contributed by atoms with van der Waals surface area (Å²) in [5.41, 5.74) is 5.50. The van der Waals surface area contributed by atoms with Gasteiger partial charge in [-0.3, -0.25) is 10.1 Å². The van der Waals surface area contributed by atoms with Crippen molar-refractivity contribution in [1.82, 2.24) is 4.31 Å². The largest absolute Gasteiger partial charge is 0.328 e. The minimum Gasteiger partial charge on any atom is -0.328 e. The number of benzene rings is 1. The van der Waals surface area contributed by atoms with Crippen molar-refractivity contribution >= 4 is 27.3 Å². The summed E-state index contributed by atoms with van der Waals surface area (Å²) in [6.45, 7) is 0.660. The molecule has 0 spiro atoms. The molecule has 1 heterocycles. The van der Waals surface area contributed by atoms with Gasteiger partial charge in [0.25, 0.3) is 5.69 Å². The molecule has 0 radical (unpaired) electrons. The molecule has 1 fully saturated rings. The van der Waals surface area contributed by atoms with Crippen LogP contribution in [0.1, 0.15) is 12.8 Å². The van der Waals surface area contributed by atoms with Crippen molar-refractivity contribution in [3.8, 4) is 0 Å². The van der Waals surface area contributed by atoms with Crippen molar-refractivity contribution < 1.29 is 13.3 Å². The summed E-state index contributed by atoms with van der Waals surface area (Å²) in [6, 6.07) is 3.36. The van der Waals surface area contributed by atoms with Crippen molar-refractivity contribution in [2.75, 3.05) is 13.1 Å². The molecule has 0 amide bonds. The highest BCUT2D eigenvalue weighted by Crippen LogP contribution is 2.29. The van der Waals surface area contributed by atoms with Gasteiger partial charge in [0.15, 0.2) is 0 Å². The molecule has 0 saturated carbocycles. The van der Waals surface area contributed by atoms with Crippen molar-refractivity contribution in [2.24, 2.45) is 5.73 Å². The fourth-order valence-electron chi connectivity index (χ4n) is 2.07. The molecule has 7 nitrogen and oxygen atoms in total. The zero-order valence-corrected chi connectivity index (χ0v) is 12.1. The van der Waals surface area contributed by atoms with Crippen LogP contribution in [0.4, 0.5) is 5.69 Å². The predicted molar refractivity (Wildman–Crippen MR) is 74.1 cm³/mol. The van der Waals surface area contributed by atoms with Crippen LogP contribution >= 0.6 is 11.6 Å². The van der Waals surface area contributed by atoms with Crippen molar-refractivity contribution in [3.05, 3.63) is 33.3 Å². The van der Waals surface area contributed by atoms with Gasteiger partial charge < -0.3 is 5.73 Å². The van der Waals surface area contributed by atoms with Gasteiger partial charge in [0, 0.05) is 31.3 Å². The van der Waals surface area contributed by atoms with Crippen molar-refractivity contribution in [1.29, 1.82) is 0 Å². The first-order chi connectivity index (χ1) is 9.32. The number of nitro benzene ring substituents is 1. The van der Waals surface area contributed by atoms with Crippen LogP contribution in [0.25, 0.3) is 0 Å². The highest BCUT2D eigenvalue weighted by molar-refractivity contribution is 7.89. The Kier molecular flexibility index (Phi) is 4.28. The molecule has 0 aromatic heterocycles. The normalized spacial score (nSPS) is 18.1. The Hall–Kier alpha value is -1.22. The van der Waals surface area contributed by atoms with E-state index in [1.807, 2.05) is 0 Å². The highest BCUT2D eigenvalue weighted by Gasteiger charge is 2.30. The maximum atomic E-state index is 12.4. The van der Waals surface area contributed by atoms with Gasteiger partial charge in [-0.25, -0.2) is 8.42 Å². The average molecular weight is 320 g/mol. The van der Waals surface area contributed by atoms with Crippen LogP contribution in [0, 0.1) is 10.1 Å². The summed E-state index contributed by atoms with van der Waals surface area (Å²) >= 11 is 5.87. The molecule has 20 heavy (non-hydrogen) atoms. The molecule has 2 rings (SSSR count). The first-order valence-electron chi connectivity index (χ1n) is 6.02. The van der Waals surface area contributed by atoms with Crippen molar-refractivity contribution in [2.45, 2.75) is 23.8 Å². The average Bonchev–Trinajstić information content (AvgIpc) is 2.38. The quantitative estimate of drug-likeness (QED) is 0.668. The lowest BCUT2D eigenvalue weighted by Gasteiger charge is -2.29. The maximum Gasteiger partial charge on any atom is 0.271 e. The Labute approximate surface area is 121 Å². The van der Waals surface area contributed by atoms with E-state index in [0.717, 1.165) is 12.1 Å². The fourth-order valence-corrected chi connectivity index (χ4v) is 4.05. The Morgan fingerprint density at radius 3 is 2.45 bits per heavy atom. The summed E-state index contributed by atoms with van der Waals surface area (Å²) in [5.74, 6) is 0. The van der Waals surface area contributed by atoms with Crippen LogP contribution in [-0.2, 0) is 10.0 Å². The van der Waals surface area contributed by atoms with E-state index in [1.54, 1.807) is 0 Å². The monoisotopic (exact) mass is 319 g/mol. The molecule has 0 unspecified atom stereocenters. The van der Waals surface area contributed by atoms with Gasteiger partial charge >= 0.3 is 0 Å². The molecule has 1 aromatic rings. The highest BCUT2D eigenvalue weighted by atomic mass is 35.5. The Balaban J connectivity index is 2.32. The topological polar surface area (TPSA) is 107 Å². The van der Waals surface area contributed by atoms with Crippen LogP contribution < -0.4 is 5.73 Å². The fraction of sp³-hybridized carbons (Fsp3) is 0.455. The SMILES string of the molecule is NC1CCN(S(=O)(=O)c2ccc([N+](=O)[O-])cc2Cl)CC1. The number of halogens is 1. The Morgan fingerprint density at radius 1 is 1.35 bits per heavy atom. The molecule has 1 aliphatic rings. The molecule has 1 saturated heterocycles. The number of non-ortho nitro benzene ring substituents is 1. The number of sulfonamides is 1. The third-order valence-corrected chi connectivity index (χ3v) is 5.62. The molecular weight excluding hydrogens is 306 g/mol. The van der Waals surface area contributed by atoms with Gasteiger partial charge in [0.05, 0.1) is 9.95 Å². The molecule has 110 valence electrons. The molecule has 2 N–H and O–H groups in total. The zero-order chi connectivity index (χ0) is 14.9. The molecule has 9 heteroatoms. The first-order valence-corrected chi connectivity index (χ1v) is 7.84. The molecule has 0 bridgehead atoms. The molecule has 0 atom stereocenters.